The second-order valence-electron chi connectivity index (χ2n) is 6.98. The summed E-state index contributed by atoms with van der Waals surface area (Å²) in [7, 11) is 0. The van der Waals surface area contributed by atoms with Gasteiger partial charge in [-0.2, -0.15) is 0 Å². The summed E-state index contributed by atoms with van der Waals surface area (Å²) < 4.78 is 2.28. The molecule has 6 heteroatoms. The smallest absolute Gasteiger partial charge is 0.265 e. The number of carbonyl (C=O) groups excluding carboxylic acids is 1. The summed E-state index contributed by atoms with van der Waals surface area (Å²) in [5.74, 6) is 2.37. The highest BCUT2D eigenvalue weighted by atomic mass is 32.1. The molecule has 2 aromatic heterocycles. The van der Waals surface area contributed by atoms with Gasteiger partial charge in [-0.15, -0.1) is 11.3 Å². The average molecular weight is 347 g/mol. The highest BCUT2D eigenvalue weighted by Crippen LogP contribution is 2.25. The molecule has 0 aliphatic carbocycles. The molecule has 0 spiro atoms. The minimum atomic E-state index is 0.155. The monoisotopic (exact) mass is 346 g/mol. The van der Waals surface area contributed by atoms with E-state index in [0.29, 0.717) is 11.8 Å². The third-order valence-electron chi connectivity index (χ3n) is 4.72. The zero-order valence-electron chi connectivity index (χ0n) is 15.0. The molecule has 1 aliphatic heterocycles. The summed E-state index contributed by atoms with van der Waals surface area (Å²) in [5.41, 5.74) is 0.865. The van der Waals surface area contributed by atoms with Gasteiger partial charge in [0.2, 0.25) is 0 Å². The number of piperidine rings is 1. The van der Waals surface area contributed by atoms with Gasteiger partial charge in [-0.05, 0) is 32.6 Å². The fourth-order valence-corrected chi connectivity index (χ4v) is 4.33. The van der Waals surface area contributed by atoms with E-state index in [-0.39, 0.29) is 5.91 Å². The van der Waals surface area contributed by atoms with Crippen LogP contribution >= 0.6 is 11.3 Å². The number of aryl methyl sites for hydroxylation is 2. The van der Waals surface area contributed by atoms with Gasteiger partial charge in [-0.25, -0.2) is 9.97 Å². The number of aromatic nitrogens is 3. The Morgan fingerprint density at radius 1 is 1.33 bits per heavy atom. The number of rotatable bonds is 4. The van der Waals surface area contributed by atoms with E-state index < -0.39 is 0 Å². The Hall–Kier alpha value is -1.69. The maximum Gasteiger partial charge on any atom is 0.265 e. The zero-order chi connectivity index (χ0) is 17.3. The number of thiazole rings is 1. The molecule has 2 aromatic rings. The van der Waals surface area contributed by atoms with Crippen LogP contribution in [0, 0.1) is 19.8 Å². The van der Waals surface area contributed by atoms with Gasteiger partial charge in [0, 0.05) is 37.9 Å². The predicted molar refractivity (Wildman–Crippen MR) is 96.5 cm³/mol. The van der Waals surface area contributed by atoms with Crippen LogP contribution in [0.4, 0.5) is 0 Å². The molecule has 0 saturated carbocycles. The van der Waals surface area contributed by atoms with Crippen molar-refractivity contribution >= 4 is 17.2 Å². The number of carbonyl (C=O) groups is 1. The van der Waals surface area contributed by atoms with Crippen molar-refractivity contribution in [2.24, 2.45) is 5.92 Å². The van der Waals surface area contributed by atoms with Crippen LogP contribution in [0.5, 0.6) is 0 Å². The van der Waals surface area contributed by atoms with E-state index in [2.05, 4.69) is 34.6 Å². The highest BCUT2D eigenvalue weighted by Gasteiger charge is 2.26. The van der Waals surface area contributed by atoms with Gasteiger partial charge in [0.25, 0.3) is 5.91 Å². The minimum absolute atomic E-state index is 0.155. The van der Waals surface area contributed by atoms with E-state index in [1.165, 1.54) is 11.3 Å². The largest absolute Gasteiger partial charge is 0.338 e. The van der Waals surface area contributed by atoms with Crippen molar-refractivity contribution in [3.05, 3.63) is 33.8 Å². The molecule has 5 nitrogen and oxygen atoms in total. The van der Waals surface area contributed by atoms with Gasteiger partial charge >= 0.3 is 0 Å². The van der Waals surface area contributed by atoms with E-state index in [9.17, 15) is 4.79 Å². The second-order valence-corrected chi connectivity index (χ2v) is 8.18. The Labute approximate surface area is 147 Å². The summed E-state index contributed by atoms with van der Waals surface area (Å²) in [6, 6.07) is 0. The fourth-order valence-electron chi connectivity index (χ4n) is 3.45. The van der Waals surface area contributed by atoms with Crippen molar-refractivity contribution in [3.8, 4) is 0 Å². The molecule has 1 saturated heterocycles. The van der Waals surface area contributed by atoms with Crippen molar-refractivity contribution in [3.63, 3.8) is 0 Å². The Morgan fingerprint density at radius 3 is 2.62 bits per heavy atom. The molecule has 0 aromatic carbocycles. The molecule has 0 atom stereocenters. The summed E-state index contributed by atoms with van der Waals surface area (Å²) in [5, 5.41) is 0.965. The van der Waals surface area contributed by atoms with Crippen molar-refractivity contribution in [2.45, 2.75) is 53.0 Å². The van der Waals surface area contributed by atoms with Gasteiger partial charge in [0.15, 0.2) is 0 Å². The van der Waals surface area contributed by atoms with Crippen LogP contribution in [0.15, 0.2) is 12.4 Å². The molecule has 0 unspecified atom stereocenters. The first-order valence-electron chi connectivity index (χ1n) is 8.70. The van der Waals surface area contributed by atoms with E-state index in [4.69, 9.17) is 0 Å². The SMILES string of the molecule is Cc1nc(C)c(C(=O)N2CCC(Cn3ccnc3C(C)C)CC2)s1. The first kappa shape index (κ1) is 17.1. The molecule has 24 heavy (non-hydrogen) atoms. The van der Waals surface area contributed by atoms with Gasteiger partial charge < -0.3 is 9.47 Å². The normalized spacial score (nSPS) is 16.1. The maximum absolute atomic E-state index is 12.7. The van der Waals surface area contributed by atoms with Crippen molar-refractivity contribution < 1.29 is 4.79 Å². The third kappa shape index (κ3) is 3.53. The Bertz CT molecular complexity index is 710. The Morgan fingerprint density at radius 2 is 2.04 bits per heavy atom. The van der Waals surface area contributed by atoms with E-state index in [0.717, 1.165) is 53.9 Å². The summed E-state index contributed by atoms with van der Waals surface area (Å²) in [6.07, 6.45) is 6.08. The summed E-state index contributed by atoms with van der Waals surface area (Å²) >= 11 is 1.51. The highest BCUT2D eigenvalue weighted by molar-refractivity contribution is 7.13. The van der Waals surface area contributed by atoms with Gasteiger partial charge in [-0.3, -0.25) is 4.79 Å². The molecule has 3 rings (SSSR count). The topological polar surface area (TPSA) is 51.0 Å². The Kier molecular flexibility index (Phi) is 5.04. The molecule has 3 heterocycles. The minimum Gasteiger partial charge on any atom is -0.338 e. The zero-order valence-corrected chi connectivity index (χ0v) is 15.8. The molecular formula is C18H26N4OS. The lowest BCUT2D eigenvalue weighted by Gasteiger charge is -2.32. The van der Waals surface area contributed by atoms with Crippen LogP contribution in [0.25, 0.3) is 0 Å². The number of nitrogens with zero attached hydrogens (tertiary/aromatic N) is 4. The van der Waals surface area contributed by atoms with Crippen LogP contribution < -0.4 is 0 Å². The standard InChI is InChI=1S/C18H26N4OS/c1-12(2)17-19-7-10-22(17)11-15-5-8-21(9-6-15)18(23)16-13(3)20-14(4)24-16/h7,10,12,15H,5-6,8-9,11H2,1-4H3. The summed E-state index contributed by atoms with van der Waals surface area (Å²) in [6.45, 7) is 10.9. The quantitative estimate of drug-likeness (QED) is 0.849. The molecule has 0 N–H and O–H groups in total. The molecule has 0 bridgehead atoms. The number of hydrogen-bond acceptors (Lipinski definition) is 4. The predicted octanol–water partition coefficient (Wildman–Crippen LogP) is 3.63. The maximum atomic E-state index is 12.7. The lowest BCUT2D eigenvalue weighted by Crippen LogP contribution is -2.39. The van der Waals surface area contributed by atoms with E-state index >= 15 is 0 Å². The van der Waals surface area contributed by atoms with Crippen molar-refractivity contribution in [1.82, 2.24) is 19.4 Å². The van der Waals surface area contributed by atoms with Crippen LogP contribution in [-0.2, 0) is 6.54 Å². The summed E-state index contributed by atoms with van der Waals surface area (Å²) in [4.78, 5) is 24.3. The lowest BCUT2D eigenvalue weighted by atomic mass is 9.96. The molecule has 0 radical (unpaired) electrons. The number of likely N-dealkylation sites (tertiary alicyclic amines) is 1. The molecule has 1 amide bonds. The number of imidazole rings is 1. The average Bonchev–Trinajstić information content (AvgIpc) is 3.13. The molecule has 1 aliphatic rings. The number of hydrogen-bond donors (Lipinski definition) is 0. The van der Waals surface area contributed by atoms with Gasteiger partial charge in [0.1, 0.15) is 10.7 Å². The molecule has 130 valence electrons. The lowest BCUT2D eigenvalue weighted by molar-refractivity contribution is 0.0686. The van der Waals surface area contributed by atoms with Crippen LogP contribution in [0.2, 0.25) is 0 Å². The van der Waals surface area contributed by atoms with Crippen molar-refractivity contribution in [1.29, 1.82) is 0 Å². The van der Waals surface area contributed by atoms with Crippen LogP contribution in [0.3, 0.4) is 0 Å². The van der Waals surface area contributed by atoms with E-state index in [1.807, 2.05) is 24.9 Å². The Balaban J connectivity index is 1.59. The van der Waals surface area contributed by atoms with Gasteiger partial charge in [-0.1, -0.05) is 13.8 Å². The van der Waals surface area contributed by atoms with Crippen LogP contribution in [0.1, 0.15) is 58.8 Å². The molecule has 1 fully saturated rings. The first-order chi connectivity index (χ1) is 11.5. The van der Waals surface area contributed by atoms with Crippen molar-refractivity contribution in [2.75, 3.05) is 13.1 Å². The van der Waals surface area contributed by atoms with E-state index in [1.54, 1.807) is 0 Å². The number of amides is 1. The van der Waals surface area contributed by atoms with Gasteiger partial charge in [0.05, 0.1) is 10.7 Å². The second kappa shape index (κ2) is 7.05. The van der Waals surface area contributed by atoms with Crippen LogP contribution in [-0.4, -0.2) is 38.4 Å². The third-order valence-corrected chi connectivity index (χ3v) is 5.78. The molecular weight excluding hydrogens is 320 g/mol. The fraction of sp³-hybridized carbons (Fsp3) is 0.611. The first-order valence-corrected chi connectivity index (χ1v) is 9.51.